The van der Waals surface area contributed by atoms with Gasteiger partial charge in [0.2, 0.25) is 0 Å². The molecule has 0 radical (unpaired) electrons. The van der Waals surface area contributed by atoms with E-state index in [2.05, 4.69) is 50.0 Å². The van der Waals surface area contributed by atoms with Gasteiger partial charge in [-0.3, -0.25) is 0 Å². The Morgan fingerprint density at radius 1 is 1.16 bits per heavy atom. The third-order valence-electron chi connectivity index (χ3n) is 3.16. The molecule has 0 bridgehead atoms. The predicted molar refractivity (Wildman–Crippen MR) is 82.8 cm³/mol. The van der Waals surface area contributed by atoms with Crippen molar-refractivity contribution in [2.75, 3.05) is 6.54 Å². The fraction of sp³-hybridized carbons (Fsp3) is 0.438. The lowest BCUT2D eigenvalue weighted by Crippen LogP contribution is -2.10. The van der Waals surface area contributed by atoms with E-state index in [0.29, 0.717) is 6.54 Å². The second-order valence-corrected chi connectivity index (χ2v) is 7.08. The van der Waals surface area contributed by atoms with Crippen LogP contribution in [0.15, 0.2) is 30.5 Å². The molecule has 0 unspecified atom stereocenters. The highest BCUT2D eigenvalue weighted by Crippen LogP contribution is 2.23. The molecule has 0 spiro atoms. The predicted octanol–water partition coefficient (Wildman–Crippen LogP) is 3.53. The molecule has 1 heterocycles. The van der Waals surface area contributed by atoms with Crippen LogP contribution in [0.5, 0.6) is 0 Å². The monoisotopic (exact) mass is 274 g/mol. The molecule has 0 fully saturated rings. The summed E-state index contributed by atoms with van der Waals surface area (Å²) in [6.45, 7) is 7.39. The SMILES string of the molecule is CC(C)(C)c1ccc(Cc2cnc(CCN)s2)cc1. The number of nitrogens with two attached hydrogens (primary N) is 1. The summed E-state index contributed by atoms with van der Waals surface area (Å²) >= 11 is 1.77. The Bertz CT molecular complexity index is 520. The van der Waals surface area contributed by atoms with E-state index >= 15 is 0 Å². The summed E-state index contributed by atoms with van der Waals surface area (Å²) in [5, 5.41) is 1.14. The van der Waals surface area contributed by atoms with E-state index in [1.807, 2.05) is 6.20 Å². The largest absolute Gasteiger partial charge is 0.330 e. The summed E-state index contributed by atoms with van der Waals surface area (Å²) in [5.41, 5.74) is 8.49. The Morgan fingerprint density at radius 3 is 2.42 bits per heavy atom. The van der Waals surface area contributed by atoms with Crippen molar-refractivity contribution in [2.45, 2.75) is 39.0 Å². The molecule has 3 heteroatoms. The second-order valence-electron chi connectivity index (χ2n) is 5.88. The Morgan fingerprint density at radius 2 is 1.84 bits per heavy atom. The lowest BCUT2D eigenvalue weighted by atomic mass is 9.86. The van der Waals surface area contributed by atoms with E-state index in [1.165, 1.54) is 16.0 Å². The summed E-state index contributed by atoms with van der Waals surface area (Å²) < 4.78 is 0. The van der Waals surface area contributed by atoms with Gasteiger partial charge in [0.1, 0.15) is 0 Å². The summed E-state index contributed by atoms with van der Waals surface area (Å²) in [7, 11) is 0. The molecule has 0 amide bonds. The molecular weight excluding hydrogens is 252 g/mol. The number of nitrogens with zero attached hydrogens (tertiary/aromatic N) is 1. The number of thiazole rings is 1. The van der Waals surface area contributed by atoms with Gasteiger partial charge in [0.25, 0.3) is 0 Å². The number of rotatable bonds is 4. The molecule has 0 saturated heterocycles. The molecule has 0 aliphatic rings. The Balaban J connectivity index is 2.06. The van der Waals surface area contributed by atoms with Gasteiger partial charge in [-0.05, 0) is 23.1 Å². The van der Waals surface area contributed by atoms with E-state index in [0.717, 1.165) is 17.8 Å². The van der Waals surface area contributed by atoms with Crippen molar-refractivity contribution < 1.29 is 0 Å². The van der Waals surface area contributed by atoms with Gasteiger partial charge < -0.3 is 5.73 Å². The lowest BCUT2D eigenvalue weighted by Gasteiger charge is -2.19. The maximum atomic E-state index is 5.55. The van der Waals surface area contributed by atoms with Gasteiger partial charge in [0, 0.05) is 23.9 Å². The van der Waals surface area contributed by atoms with Crippen molar-refractivity contribution in [1.29, 1.82) is 0 Å². The molecule has 2 nitrogen and oxygen atoms in total. The van der Waals surface area contributed by atoms with Crippen LogP contribution in [0.3, 0.4) is 0 Å². The number of hydrogen-bond acceptors (Lipinski definition) is 3. The molecule has 0 aliphatic carbocycles. The van der Waals surface area contributed by atoms with Gasteiger partial charge in [-0.1, -0.05) is 45.0 Å². The van der Waals surface area contributed by atoms with Crippen molar-refractivity contribution in [2.24, 2.45) is 5.73 Å². The van der Waals surface area contributed by atoms with Crippen molar-refractivity contribution in [3.63, 3.8) is 0 Å². The van der Waals surface area contributed by atoms with Gasteiger partial charge in [-0.25, -0.2) is 4.98 Å². The van der Waals surface area contributed by atoms with Crippen molar-refractivity contribution in [3.05, 3.63) is 51.5 Å². The van der Waals surface area contributed by atoms with Crippen LogP contribution in [0, 0.1) is 0 Å². The summed E-state index contributed by atoms with van der Waals surface area (Å²) in [5.74, 6) is 0. The molecular formula is C16H22N2S. The van der Waals surface area contributed by atoms with Gasteiger partial charge >= 0.3 is 0 Å². The van der Waals surface area contributed by atoms with Crippen LogP contribution in [-0.4, -0.2) is 11.5 Å². The molecule has 102 valence electrons. The average molecular weight is 274 g/mol. The maximum absolute atomic E-state index is 5.55. The summed E-state index contributed by atoms with van der Waals surface area (Å²) in [6, 6.07) is 8.92. The highest BCUT2D eigenvalue weighted by Gasteiger charge is 2.13. The molecule has 0 atom stereocenters. The van der Waals surface area contributed by atoms with Crippen LogP contribution in [0.1, 0.15) is 41.8 Å². The normalized spacial score (nSPS) is 11.8. The minimum absolute atomic E-state index is 0.220. The third kappa shape index (κ3) is 3.88. The average Bonchev–Trinajstić information content (AvgIpc) is 2.77. The zero-order valence-electron chi connectivity index (χ0n) is 11.9. The van der Waals surface area contributed by atoms with E-state index in [-0.39, 0.29) is 5.41 Å². The van der Waals surface area contributed by atoms with Crippen molar-refractivity contribution >= 4 is 11.3 Å². The van der Waals surface area contributed by atoms with Crippen LogP contribution in [0.2, 0.25) is 0 Å². The minimum Gasteiger partial charge on any atom is -0.330 e. The zero-order chi connectivity index (χ0) is 13.9. The standard InChI is InChI=1S/C16H22N2S/c1-16(2,3)13-6-4-12(5-7-13)10-14-11-18-15(19-14)8-9-17/h4-7,11H,8-10,17H2,1-3H3. The molecule has 0 saturated carbocycles. The van der Waals surface area contributed by atoms with E-state index in [9.17, 15) is 0 Å². The van der Waals surface area contributed by atoms with Gasteiger partial charge in [-0.2, -0.15) is 0 Å². The first-order valence-corrected chi connectivity index (χ1v) is 7.54. The van der Waals surface area contributed by atoms with E-state index in [4.69, 9.17) is 5.73 Å². The van der Waals surface area contributed by atoms with Gasteiger partial charge in [-0.15, -0.1) is 11.3 Å². The molecule has 19 heavy (non-hydrogen) atoms. The zero-order valence-corrected chi connectivity index (χ0v) is 12.8. The molecule has 2 aromatic rings. The van der Waals surface area contributed by atoms with Gasteiger partial charge in [0.15, 0.2) is 0 Å². The topological polar surface area (TPSA) is 38.9 Å². The summed E-state index contributed by atoms with van der Waals surface area (Å²) in [6.07, 6.45) is 3.83. The van der Waals surface area contributed by atoms with Crippen LogP contribution in [0.25, 0.3) is 0 Å². The van der Waals surface area contributed by atoms with E-state index < -0.39 is 0 Å². The quantitative estimate of drug-likeness (QED) is 0.926. The number of hydrogen-bond donors (Lipinski definition) is 1. The van der Waals surface area contributed by atoms with E-state index in [1.54, 1.807) is 11.3 Å². The molecule has 2 N–H and O–H groups in total. The fourth-order valence-corrected chi connectivity index (χ4v) is 2.96. The number of benzene rings is 1. The van der Waals surface area contributed by atoms with Crippen LogP contribution < -0.4 is 5.73 Å². The molecule has 0 aliphatic heterocycles. The number of aromatic nitrogens is 1. The summed E-state index contributed by atoms with van der Waals surface area (Å²) in [4.78, 5) is 5.71. The second kappa shape index (κ2) is 5.85. The molecule has 1 aromatic carbocycles. The Labute approximate surface area is 119 Å². The Hall–Kier alpha value is -1.19. The van der Waals surface area contributed by atoms with Crippen molar-refractivity contribution in [3.8, 4) is 0 Å². The molecule has 1 aromatic heterocycles. The highest BCUT2D eigenvalue weighted by molar-refractivity contribution is 7.11. The van der Waals surface area contributed by atoms with Gasteiger partial charge in [0.05, 0.1) is 5.01 Å². The fourth-order valence-electron chi connectivity index (χ4n) is 1.99. The maximum Gasteiger partial charge on any atom is 0.0940 e. The molecule has 2 rings (SSSR count). The van der Waals surface area contributed by atoms with Crippen LogP contribution >= 0.6 is 11.3 Å². The first-order chi connectivity index (χ1) is 8.99. The third-order valence-corrected chi connectivity index (χ3v) is 4.22. The van der Waals surface area contributed by atoms with Crippen LogP contribution in [0.4, 0.5) is 0 Å². The minimum atomic E-state index is 0.220. The smallest absolute Gasteiger partial charge is 0.0940 e. The van der Waals surface area contributed by atoms with Crippen molar-refractivity contribution in [1.82, 2.24) is 4.98 Å². The first-order valence-electron chi connectivity index (χ1n) is 6.72. The van der Waals surface area contributed by atoms with Crippen LogP contribution in [-0.2, 0) is 18.3 Å². The Kier molecular flexibility index (Phi) is 4.38. The first kappa shape index (κ1) is 14.2. The highest BCUT2D eigenvalue weighted by atomic mass is 32.1. The lowest BCUT2D eigenvalue weighted by molar-refractivity contribution is 0.590.